The average Bonchev–Trinajstić information content (AvgIpc) is 3.86. The highest BCUT2D eigenvalue weighted by atomic mass is 19.3. The maximum absolute atomic E-state index is 13.8. The summed E-state index contributed by atoms with van der Waals surface area (Å²) < 4.78 is 27.5. The maximum atomic E-state index is 13.8. The van der Waals surface area contributed by atoms with E-state index in [0.29, 0.717) is 45.3 Å². The Morgan fingerprint density at radius 1 is 0.967 bits per heavy atom. The molecule has 1 saturated heterocycles. The summed E-state index contributed by atoms with van der Waals surface area (Å²) in [5.41, 5.74) is 9.07. The van der Waals surface area contributed by atoms with Crippen LogP contribution in [0.25, 0.3) is 16.5 Å². The summed E-state index contributed by atoms with van der Waals surface area (Å²) in [6.45, 7) is 2.87. The number of benzene rings is 3. The molecule has 3 amide bonds. The number of aromatic amines is 1. The van der Waals surface area contributed by atoms with E-state index in [1.807, 2.05) is 32.9 Å². The number of amides is 3. The minimum atomic E-state index is -2.42. The Labute approximate surface area is 355 Å². The fraction of sp³-hybridized carbons (Fsp3) is 0.438. The molecule has 1 fully saturated rings. The third kappa shape index (κ3) is 8.55. The largest absolute Gasteiger partial charge is 0.357 e. The lowest BCUT2D eigenvalue weighted by molar-refractivity contribution is -0.135. The molecule has 11 nitrogen and oxygen atoms in total. The minimum absolute atomic E-state index is 0.0645. The van der Waals surface area contributed by atoms with Crippen molar-refractivity contribution in [1.29, 1.82) is 0 Å². The Morgan fingerprint density at radius 2 is 1.70 bits per heavy atom. The number of carbonyl (C=O) groups is 5. The van der Waals surface area contributed by atoms with Crippen molar-refractivity contribution in [2.45, 2.75) is 83.0 Å². The number of aldehydes is 2. The van der Waals surface area contributed by atoms with E-state index in [1.54, 1.807) is 12.1 Å². The number of H-pyrrole nitrogens is 1. The smallest absolute Gasteiger partial charge is 0.255 e. The summed E-state index contributed by atoms with van der Waals surface area (Å²) >= 11 is 0. The Balaban J connectivity index is 0.868. The van der Waals surface area contributed by atoms with Gasteiger partial charge in [-0.1, -0.05) is 48.5 Å². The van der Waals surface area contributed by atoms with Gasteiger partial charge in [0.1, 0.15) is 12.3 Å². The van der Waals surface area contributed by atoms with E-state index in [0.717, 1.165) is 72.0 Å². The highest BCUT2D eigenvalue weighted by Gasteiger charge is 2.38. The van der Waals surface area contributed by atoms with Crippen LogP contribution in [0.4, 0.5) is 8.78 Å². The number of rotatable bonds is 13. The number of halogens is 2. The molecule has 4 heterocycles. The van der Waals surface area contributed by atoms with Crippen LogP contribution in [0.1, 0.15) is 105 Å². The van der Waals surface area contributed by atoms with Crippen molar-refractivity contribution in [3.05, 3.63) is 111 Å². The van der Waals surface area contributed by atoms with Gasteiger partial charge in [0.25, 0.3) is 12.3 Å². The van der Waals surface area contributed by atoms with E-state index in [9.17, 15) is 32.8 Å². The summed E-state index contributed by atoms with van der Waals surface area (Å²) in [4.78, 5) is 73.7. The van der Waals surface area contributed by atoms with Gasteiger partial charge in [-0.25, -0.2) is 8.78 Å². The molecule has 0 radical (unpaired) electrons. The van der Waals surface area contributed by atoms with Crippen LogP contribution in [0, 0.1) is 5.41 Å². The lowest BCUT2D eigenvalue weighted by Gasteiger charge is -2.44. The number of hydrogen-bond donors (Lipinski definition) is 2. The van der Waals surface area contributed by atoms with Gasteiger partial charge in [-0.15, -0.1) is 0 Å². The quantitative estimate of drug-likeness (QED) is 0.147. The third-order valence-corrected chi connectivity index (χ3v) is 13.8. The van der Waals surface area contributed by atoms with E-state index >= 15 is 0 Å². The molecule has 13 heteroatoms. The molecule has 3 aliphatic heterocycles. The molecule has 0 saturated carbocycles. The zero-order valence-electron chi connectivity index (χ0n) is 34.9. The fourth-order valence-corrected chi connectivity index (χ4v) is 10.3. The van der Waals surface area contributed by atoms with Gasteiger partial charge in [0.15, 0.2) is 6.29 Å². The summed E-state index contributed by atoms with van der Waals surface area (Å²) in [7, 11) is 2.97. The van der Waals surface area contributed by atoms with Crippen molar-refractivity contribution in [2.75, 3.05) is 46.8 Å². The second-order valence-corrected chi connectivity index (χ2v) is 17.3. The number of hydrogen-bond acceptors (Lipinski definition) is 7. The number of aromatic nitrogens is 1. The van der Waals surface area contributed by atoms with Crippen molar-refractivity contribution >= 4 is 46.8 Å². The number of alkyl halides is 2. The molecular weight excluding hydrogens is 779 g/mol. The zero-order valence-corrected chi connectivity index (χ0v) is 34.9. The Morgan fingerprint density at radius 3 is 2.38 bits per heavy atom. The molecule has 3 aromatic carbocycles. The first-order chi connectivity index (χ1) is 29.5. The van der Waals surface area contributed by atoms with Crippen LogP contribution in [-0.2, 0) is 33.9 Å². The Kier molecular flexibility index (Phi) is 12.3. The highest BCUT2D eigenvalue weighted by molar-refractivity contribution is 6.03. The highest BCUT2D eigenvalue weighted by Crippen LogP contribution is 2.46. The van der Waals surface area contributed by atoms with Gasteiger partial charge in [0, 0.05) is 75.4 Å². The summed E-state index contributed by atoms with van der Waals surface area (Å²) in [5.74, 6) is -0.809. The van der Waals surface area contributed by atoms with Gasteiger partial charge in [-0.05, 0) is 102 Å². The topological polar surface area (TPSA) is 126 Å². The molecule has 1 aliphatic carbocycles. The number of likely N-dealkylation sites (tertiary alicyclic amines) is 1. The molecule has 2 N–H and O–H groups in total. The normalized spacial score (nSPS) is 19.3. The fourth-order valence-electron chi connectivity index (χ4n) is 10.3. The van der Waals surface area contributed by atoms with Crippen LogP contribution in [0.15, 0.2) is 66.7 Å². The Bertz CT molecular complexity index is 2350. The van der Waals surface area contributed by atoms with E-state index in [4.69, 9.17) is 0 Å². The van der Waals surface area contributed by atoms with Gasteiger partial charge < -0.3 is 24.9 Å². The first-order valence-corrected chi connectivity index (χ1v) is 21.5. The van der Waals surface area contributed by atoms with Gasteiger partial charge in [0.2, 0.25) is 11.8 Å². The van der Waals surface area contributed by atoms with Crippen molar-refractivity contribution in [3.8, 4) is 0 Å². The van der Waals surface area contributed by atoms with E-state index in [-0.39, 0.29) is 54.4 Å². The van der Waals surface area contributed by atoms with Crippen LogP contribution in [-0.4, -0.2) is 114 Å². The number of piperidine rings is 1. The number of nitrogens with one attached hydrogen (secondary N) is 2. The molecule has 0 bridgehead atoms. The zero-order chi connectivity index (χ0) is 42.8. The van der Waals surface area contributed by atoms with Crippen LogP contribution < -0.4 is 5.32 Å². The molecular formula is C48H54F2N6O5. The minimum Gasteiger partial charge on any atom is -0.357 e. The van der Waals surface area contributed by atoms with Gasteiger partial charge in [-0.2, -0.15) is 0 Å². The van der Waals surface area contributed by atoms with E-state index in [1.165, 1.54) is 35.5 Å². The standard InChI is InChI=1S/C48H54F2N6O5/c1-51-46(60)41(8-5-23-57)53(2)47(61)39-25-35-27-54(26-34(35)24-36(39)30-58)29-43(59)55-21-18-48(19-22-55)16-13-32(14-17-48)31-9-11-33(12-10-31)45-44-38(15-20-56(45)28-42(49)50)37-6-3-4-7-40(37)52-44/h3-4,6-7,9-13,23-25,30,41-42,45,52H,5,8,14-22,26-29H2,1-2H3,(H,51,60). The number of likely N-dealkylation sites (N-methyl/N-ethyl adjacent to an activating group) is 2. The van der Waals surface area contributed by atoms with E-state index < -0.39 is 24.3 Å². The molecule has 4 aliphatic rings. The molecule has 61 heavy (non-hydrogen) atoms. The molecule has 320 valence electrons. The van der Waals surface area contributed by atoms with Crippen molar-refractivity contribution in [3.63, 3.8) is 0 Å². The van der Waals surface area contributed by atoms with Gasteiger partial charge >= 0.3 is 0 Å². The molecule has 1 spiro atoms. The monoisotopic (exact) mass is 832 g/mol. The van der Waals surface area contributed by atoms with Crippen molar-refractivity contribution in [1.82, 2.24) is 29.9 Å². The van der Waals surface area contributed by atoms with Crippen LogP contribution >= 0.6 is 0 Å². The SMILES string of the molecule is CNC(=O)C(CCC=O)N(C)C(=O)c1cc2c(cc1C=O)CN(CC(=O)N1CCC3(CC=C(c4ccc(C5c6[nH]c7ccccc7c6CCN5CC(F)F)cc4)CC3)CC1)C2. The maximum Gasteiger partial charge on any atom is 0.255 e. The first kappa shape index (κ1) is 42.2. The van der Waals surface area contributed by atoms with Crippen LogP contribution in [0.3, 0.4) is 0 Å². The van der Waals surface area contributed by atoms with Crippen molar-refractivity contribution < 1.29 is 32.8 Å². The third-order valence-electron chi connectivity index (χ3n) is 13.8. The number of fused-ring (bicyclic) bond motifs is 4. The van der Waals surface area contributed by atoms with Crippen LogP contribution in [0.5, 0.6) is 0 Å². The lowest BCUT2D eigenvalue weighted by Crippen LogP contribution is -2.47. The first-order valence-electron chi connectivity index (χ1n) is 21.5. The predicted molar refractivity (Wildman–Crippen MR) is 229 cm³/mol. The number of para-hydroxylation sites is 1. The second kappa shape index (κ2) is 17.8. The van der Waals surface area contributed by atoms with Crippen LogP contribution in [0.2, 0.25) is 0 Å². The number of carbonyl (C=O) groups excluding carboxylic acids is 5. The predicted octanol–water partition coefficient (Wildman–Crippen LogP) is 6.55. The lowest BCUT2D eigenvalue weighted by atomic mass is 9.68. The van der Waals surface area contributed by atoms with Gasteiger partial charge in [-0.3, -0.25) is 29.0 Å². The molecule has 2 atom stereocenters. The van der Waals surface area contributed by atoms with Gasteiger partial charge in [0.05, 0.1) is 24.7 Å². The Hall–Kier alpha value is -5.53. The number of nitrogens with zero attached hydrogens (tertiary/aromatic N) is 4. The molecule has 4 aromatic rings. The second-order valence-electron chi connectivity index (χ2n) is 17.3. The van der Waals surface area contributed by atoms with Crippen molar-refractivity contribution in [2.24, 2.45) is 5.41 Å². The summed E-state index contributed by atoms with van der Waals surface area (Å²) in [6.07, 6.45) is 7.12. The molecule has 1 aromatic heterocycles. The summed E-state index contributed by atoms with van der Waals surface area (Å²) in [5, 5.41) is 3.71. The number of allylic oxidation sites excluding steroid dienone is 2. The molecule has 8 rings (SSSR count). The molecule has 2 unspecified atom stereocenters. The summed E-state index contributed by atoms with van der Waals surface area (Å²) in [6, 6.07) is 19.0. The van der Waals surface area contributed by atoms with E-state index in [2.05, 4.69) is 46.7 Å². The average molecular weight is 833 g/mol.